The van der Waals surface area contributed by atoms with Gasteiger partial charge in [-0.15, -0.1) is 0 Å². The van der Waals surface area contributed by atoms with E-state index in [1.54, 1.807) is 12.1 Å². The van der Waals surface area contributed by atoms with Gasteiger partial charge in [0.05, 0.1) is 0 Å². The van der Waals surface area contributed by atoms with Crippen LogP contribution in [-0.2, 0) is 0 Å². The van der Waals surface area contributed by atoms with E-state index in [1.165, 1.54) is 6.07 Å². The second-order valence-corrected chi connectivity index (χ2v) is 9.36. The summed E-state index contributed by atoms with van der Waals surface area (Å²) in [6.07, 6.45) is 0. The van der Waals surface area contributed by atoms with Gasteiger partial charge in [-0.2, -0.15) is 0 Å². The largest absolute Gasteiger partial charge is 0.436 e. The maximum absolute atomic E-state index is 13.6. The number of halogens is 1. The monoisotopic (exact) mass is 491 g/mol. The highest BCUT2D eigenvalue weighted by Crippen LogP contribution is 2.37. The lowest BCUT2D eigenvalue weighted by molar-refractivity contribution is 0.620. The van der Waals surface area contributed by atoms with E-state index in [1.807, 2.05) is 42.5 Å². The van der Waals surface area contributed by atoms with E-state index in [9.17, 15) is 4.39 Å². The van der Waals surface area contributed by atoms with E-state index < -0.39 is 0 Å². The average Bonchev–Trinajstić information content (AvgIpc) is 3.41. The van der Waals surface area contributed by atoms with Gasteiger partial charge in [0.1, 0.15) is 11.3 Å². The maximum atomic E-state index is 13.6. The van der Waals surface area contributed by atoms with Gasteiger partial charge in [0.15, 0.2) is 5.58 Å². The molecule has 0 atom stereocenters. The van der Waals surface area contributed by atoms with Gasteiger partial charge in [-0.1, -0.05) is 103 Å². The van der Waals surface area contributed by atoms with Gasteiger partial charge in [0.25, 0.3) is 0 Å². The molecule has 7 aromatic rings. The van der Waals surface area contributed by atoms with E-state index in [-0.39, 0.29) is 5.82 Å². The quantitative estimate of drug-likeness (QED) is 0.245. The van der Waals surface area contributed by atoms with Crippen molar-refractivity contribution in [2.75, 3.05) is 0 Å². The lowest BCUT2D eigenvalue weighted by atomic mass is 9.93. The first-order valence-corrected chi connectivity index (χ1v) is 12.6. The smallest absolute Gasteiger partial charge is 0.227 e. The minimum Gasteiger partial charge on any atom is -0.436 e. The number of fused-ring (bicyclic) bond motifs is 2. The fraction of sp³-hybridized carbons (Fsp3) is 0. The van der Waals surface area contributed by atoms with E-state index >= 15 is 0 Å². The van der Waals surface area contributed by atoms with Crippen LogP contribution in [0.1, 0.15) is 0 Å². The van der Waals surface area contributed by atoms with Gasteiger partial charge in [-0.25, -0.2) is 9.37 Å². The molecule has 0 aliphatic carbocycles. The molecule has 180 valence electrons. The highest BCUT2D eigenvalue weighted by atomic mass is 19.1. The number of hydrogen-bond donors (Lipinski definition) is 0. The summed E-state index contributed by atoms with van der Waals surface area (Å²) in [4.78, 5) is 4.73. The van der Waals surface area contributed by atoms with Crippen LogP contribution in [0.15, 0.2) is 138 Å². The van der Waals surface area contributed by atoms with Crippen molar-refractivity contribution in [3.8, 4) is 44.8 Å². The van der Waals surface area contributed by atoms with Crippen molar-refractivity contribution in [2.45, 2.75) is 0 Å². The molecule has 0 amide bonds. The summed E-state index contributed by atoms with van der Waals surface area (Å²) in [5.74, 6) is 0.405. The molecule has 38 heavy (non-hydrogen) atoms. The normalized spacial score (nSPS) is 11.3. The Labute approximate surface area is 219 Å². The minimum absolute atomic E-state index is 0.225. The number of benzene rings is 6. The average molecular weight is 492 g/mol. The van der Waals surface area contributed by atoms with Crippen LogP contribution in [-0.4, -0.2) is 4.98 Å². The molecule has 0 saturated carbocycles. The Hall–Kier alpha value is -5.02. The Bertz CT molecular complexity index is 1880. The third kappa shape index (κ3) is 3.95. The highest BCUT2D eigenvalue weighted by Gasteiger charge is 2.14. The number of oxazole rings is 1. The molecule has 3 heteroatoms. The predicted molar refractivity (Wildman–Crippen MR) is 153 cm³/mol. The van der Waals surface area contributed by atoms with Crippen LogP contribution in [0.5, 0.6) is 0 Å². The first-order valence-electron chi connectivity index (χ1n) is 12.6. The zero-order valence-corrected chi connectivity index (χ0v) is 20.4. The molecule has 0 unspecified atom stereocenters. The number of nitrogens with zero attached hydrogens (tertiary/aromatic N) is 1. The molecule has 0 aliphatic rings. The van der Waals surface area contributed by atoms with Crippen molar-refractivity contribution < 1.29 is 8.81 Å². The Morgan fingerprint density at radius 1 is 0.474 bits per heavy atom. The molecule has 2 nitrogen and oxygen atoms in total. The zero-order chi connectivity index (χ0) is 25.5. The molecular formula is C35H22FNO. The number of hydrogen-bond acceptors (Lipinski definition) is 2. The number of rotatable bonds is 4. The van der Waals surface area contributed by atoms with E-state index in [0.717, 1.165) is 60.8 Å². The summed E-state index contributed by atoms with van der Waals surface area (Å²) >= 11 is 0. The van der Waals surface area contributed by atoms with Crippen molar-refractivity contribution in [2.24, 2.45) is 0 Å². The van der Waals surface area contributed by atoms with Crippen LogP contribution < -0.4 is 0 Å². The topological polar surface area (TPSA) is 26.0 Å². The van der Waals surface area contributed by atoms with Crippen LogP contribution in [0.2, 0.25) is 0 Å². The molecule has 1 aromatic heterocycles. The molecule has 1 heterocycles. The van der Waals surface area contributed by atoms with Crippen LogP contribution in [0.3, 0.4) is 0 Å². The lowest BCUT2D eigenvalue weighted by Crippen LogP contribution is -1.87. The van der Waals surface area contributed by atoms with Gasteiger partial charge in [-0.3, -0.25) is 0 Å². The molecule has 0 saturated heterocycles. The fourth-order valence-electron chi connectivity index (χ4n) is 5.09. The SMILES string of the molecule is Fc1cccc(-c2ccc(-c3ccc(-c4ccc(-c5nc6ccccc6o5)c5ccccc45)cc3)cc2)c1. The molecule has 6 aromatic carbocycles. The van der Waals surface area contributed by atoms with Crippen LogP contribution >= 0.6 is 0 Å². The van der Waals surface area contributed by atoms with E-state index in [4.69, 9.17) is 9.40 Å². The summed E-state index contributed by atoms with van der Waals surface area (Å²) in [6.45, 7) is 0. The first-order chi connectivity index (χ1) is 18.7. The summed E-state index contributed by atoms with van der Waals surface area (Å²) < 4.78 is 19.7. The zero-order valence-electron chi connectivity index (χ0n) is 20.4. The van der Waals surface area contributed by atoms with Crippen molar-refractivity contribution in [3.05, 3.63) is 139 Å². The van der Waals surface area contributed by atoms with E-state index in [2.05, 4.69) is 72.8 Å². The lowest BCUT2D eigenvalue weighted by Gasteiger charge is -2.11. The Balaban J connectivity index is 1.23. The van der Waals surface area contributed by atoms with Crippen molar-refractivity contribution >= 4 is 21.9 Å². The van der Waals surface area contributed by atoms with Gasteiger partial charge < -0.3 is 4.42 Å². The first kappa shape index (κ1) is 22.2. The summed E-state index contributed by atoms with van der Waals surface area (Å²) in [7, 11) is 0. The molecular weight excluding hydrogens is 469 g/mol. The summed E-state index contributed by atoms with van der Waals surface area (Å²) in [6, 6.07) is 44.0. The molecule has 7 rings (SSSR count). The van der Waals surface area contributed by atoms with Gasteiger partial charge in [-0.05, 0) is 74.5 Å². The third-order valence-electron chi connectivity index (χ3n) is 7.02. The molecule has 0 spiro atoms. The summed E-state index contributed by atoms with van der Waals surface area (Å²) in [5, 5.41) is 2.26. The highest BCUT2D eigenvalue weighted by molar-refractivity contribution is 6.04. The second kappa shape index (κ2) is 9.13. The molecule has 0 N–H and O–H groups in total. The van der Waals surface area contributed by atoms with E-state index in [0.29, 0.717) is 5.89 Å². The van der Waals surface area contributed by atoms with Crippen LogP contribution in [0.4, 0.5) is 4.39 Å². The minimum atomic E-state index is -0.225. The third-order valence-corrected chi connectivity index (χ3v) is 7.02. The number of aromatic nitrogens is 1. The van der Waals surface area contributed by atoms with Crippen molar-refractivity contribution in [3.63, 3.8) is 0 Å². The Morgan fingerprint density at radius 3 is 1.74 bits per heavy atom. The van der Waals surface area contributed by atoms with Crippen LogP contribution in [0.25, 0.3) is 66.7 Å². The predicted octanol–water partition coefficient (Wildman–Crippen LogP) is 9.79. The van der Waals surface area contributed by atoms with Crippen LogP contribution in [0, 0.1) is 5.82 Å². The number of para-hydroxylation sites is 2. The molecule has 0 radical (unpaired) electrons. The van der Waals surface area contributed by atoms with Gasteiger partial charge in [0, 0.05) is 5.56 Å². The Kier molecular flexibility index (Phi) is 5.33. The maximum Gasteiger partial charge on any atom is 0.227 e. The van der Waals surface area contributed by atoms with Crippen molar-refractivity contribution in [1.82, 2.24) is 4.98 Å². The second-order valence-electron chi connectivity index (χ2n) is 9.36. The van der Waals surface area contributed by atoms with Gasteiger partial charge >= 0.3 is 0 Å². The van der Waals surface area contributed by atoms with Gasteiger partial charge in [0.2, 0.25) is 5.89 Å². The summed E-state index contributed by atoms with van der Waals surface area (Å²) in [5.41, 5.74) is 9.05. The molecule has 0 fully saturated rings. The molecule has 0 aliphatic heterocycles. The fourth-order valence-corrected chi connectivity index (χ4v) is 5.09. The standard InChI is InChI=1S/C35H22FNO/c36-28-7-5-6-27(22-28)25-14-12-23(13-15-25)24-16-18-26(19-17-24)29-20-21-32(31-9-2-1-8-30(29)31)35-37-33-10-3-4-11-34(33)38-35/h1-22H. The van der Waals surface area contributed by atoms with Crippen molar-refractivity contribution in [1.29, 1.82) is 0 Å². The Morgan fingerprint density at radius 2 is 1.05 bits per heavy atom. The molecule has 0 bridgehead atoms.